The van der Waals surface area contributed by atoms with Crippen molar-refractivity contribution in [2.75, 3.05) is 19.8 Å². The topological polar surface area (TPSA) is 66.8 Å². The zero-order chi connectivity index (χ0) is 10.7. The van der Waals surface area contributed by atoms with E-state index in [1.165, 1.54) is 6.92 Å². The van der Waals surface area contributed by atoms with Crippen molar-refractivity contribution in [1.82, 2.24) is 0 Å². The summed E-state index contributed by atoms with van der Waals surface area (Å²) in [5, 5.41) is 16.0. The summed E-state index contributed by atoms with van der Waals surface area (Å²) in [6.45, 7) is 9.06. The Labute approximate surface area is 78.1 Å². The van der Waals surface area contributed by atoms with Crippen LogP contribution in [-0.4, -0.2) is 36.0 Å². The summed E-state index contributed by atoms with van der Waals surface area (Å²) in [6, 6.07) is 0. The number of aliphatic carboxylic acids is 1. The lowest BCUT2D eigenvalue weighted by atomic mass is 10.4. The highest BCUT2D eigenvalue weighted by Gasteiger charge is 1.90. The summed E-state index contributed by atoms with van der Waals surface area (Å²) < 4.78 is 4.76. The normalized spacial score (nSPS) is 8.15. The Morgan fingerprint density at radius 3 is 2.31 bits per heavy atom. The summed E-state index contributed by atoms with van der Waals surface area (Å²) in [4.78, 5) is 9.60. The molecule has 0 atom stereocenters. The van der Waals surface area contributed by atoms with E-state index in [4.69, 9.17) is 14.9 Å². The largest absolute Gasteiger partial charge is 0.478 e. The fourth-order valence-electron chi connectivity index (χ4n) is 0.231. The predicted octanol–water partition coefficient (Wildman–Crippen LogP) is 0.828. The van der Waals surface area contributed by atoms with Crippen molar-refractivity contribution in [3.05, 3.63) is 24.8 Å². The summed E-state index contributed by atoms with van der Waals surface area (Å²) in [6.07, 6.45) is 1.65. The molecule has 0 unspecified atom stereocenters. The fourth-order valence-corrected chi connectivity index (χ4v) is 0.231. The molecule has 13 heavy (non-hydrogen) atoms. The van der Waals surface area contributed by atoms with E-state index in [1.54, 1.807) is 6.08 Å². The molecular formula is C9H16O4. The number of aliphatic hydroxyl groups excluding tert-OH is 1. The van der Waals surface area contributed by atoms with Crippen molar-refractivity contribution < 1.29 is 19.7 Å². The van der Waals surface area contributed by atoms with Gasteiger partial charge in [0, 0.05) is 5.57 Å². The Balaban J connectivity index is 0. The molecule has 0 aromatic carbocycles. The third-order valence-corrected chi connectivity index (χ3v) is 0.836. The van der Waals surface area contributed by atoms with Crippen LogP contribution in [0.3, 0.4) is 0 Å². The quantitative estimate of drug-likeness (QED) is 0.381. The predicted molar refractivity (Wildman–Crippen MR) is 50.6 cm³/mol. The zero-order valence-electron chi connectivity index (χ0n) is 7.82. The highest BCUT2D eigenvalue weighted by molar-refractivity contribution is 5.84. The lowest BCUT2D eigenvalue weighted by Crippen LogP contribution is -1.97. The van der Waals surface area contributed by atoms with Gasteiger partial charge in [0.1, 0.15) is 0 Å². The zero-order valence-corrected chi connectivity index (χ0v) is 7.82. The third-order valence-electron chi connectivity index (χ3n) is 0.836. The molecule has 0 spiro atoms. The van der Waals surface area contributed by atoms with E-state index in [0.29, 0.717) is 13.2 Å². The van der Waals surface area contributed by atoms with Crippen LogP contribution in [0.15, 0.2) is 24.8 Å². The Kier molecular flexibility index (Phi) is 12.0. The van der Waals surface area contributed by atoms with Crippen molar-refractivity contribution in [3.8, 4) is 0 Å². The molecule has 4 nitrogen and oxygen atoms in total. The number of carboxylic acids is 1. The minimum Gasteiger partial charge on any atom is -0.478 e. The van der Waals surface area contributed by atoms with E-state index in [-0.39, 0.29) is 12.2 Å². The molecule has 2 N–H and O–H groups in total. The van der Waals surface area contributed by atoms with Crippen LogP contribution in [0.1, 0.15) is 6.92 Å². The van der Waals surface area contributed by atoms with Gasteiger partial charge in [0.05, 0.1) is 19.8 Å². The fraction of sp³-hybridized carbons (Fsp3) is 0.444. The highest BCUT2D eigenvalue weighted by Crippen LogP contribution is 1.81. The molecule has 0 saturated heterocycles. The van der Waals surface area contributed by atoms with Crippen LogP contribution in [0.25, 0.3) is 0 Å². The maximum Gasteiger partial charge on any atom is 0.330 e. The van der Waals surface area contributed by atoms with Crippen LogP contribution in [0.4, 0.5) is 0 Å². The van der Waals surface area contributed by atoms with Crippen LogP contribution in [0, 0.1) is 0 Å². The van der Waals surface area contributed by atoms with Crippen LogP contribution < -0.4 is 0 Å². The summed E-state index contributed by atoms with van der Waals surface area (Å²) >= 11 is 0. The van der Waals surface area contributed by atoms with Crippen LogP contribution in [0.5, 0.6) is 0 Å². The number of rotatable bonds is 5. The minimum atomic E-state index is -0.935. The summed E-state index contributed by atoms with van der Waals surface area (Å²) in [5.74, 6) is -0.935. The first-order chi connectivity index (χ1) is 6.06. The van der Waals surface area contributed by atoms with E-state index in [1.807, 2.05) is 0 Å². The average molecular weight is 188 g/mol. The third kappa shape index (κ3) is 18.1. The number of aliphatic hydroxyl groups is 1. The Morgan fingerprint density at radius 2 is 2.08 bits per heavy atom. The number of ether oxygens (including phenoxy) is 1. The van der Waals surface area contributed by atoms with Crippen molar-refractivity contribution in [2.24, 2.45) is 0 Å². The number of carbonyl (C=O) groups is 1. The van der Waals surface area contributed by atoms with Crippen molar-refractivity contribution in [1.29, 1.82) is 0 Å². The van der Waals surface area contributed by atoms with E-state index in [2.05, 4.69) is 13.2 Å². The number of hydrogen-bond acceptors (Lipinski definition) is 3. The molecule has 76 valence electrons. The molecule has 0 radical (unpaired) electrons. The summed E-state index contributed by atoms with van der Waals surface area (Å²) in [5.41, 5.74) is 0.176. The van der Waals surface area contributed by atoms with Gasteiger partial charge in [-0.25, -0.2) is 4.79 Å². The molecule has 0 aliphatic rings. The van der Waals surface area contributed by atoms with Gasteiger partial charge >= 0.3 is 5.97 Å². The average Bonchev–Trinajstić information content (AvgIpc) is 2.06. The molecule has 0 aliphatic heterocycles. The number of hydrogen-bond donors (Lipinski definition) is 2. The number of carboxylic acid groups (broad SMARTS) is 1. The highest BCUT2D eigenvalue weighted by atomic mass is 16.5. The molecule has 0 aromatic rings. The van der Waals surface area contributed by atoms with E-state index in [9.17, 15) is 4.79 Å². The van der Waals surface area contributed by atoms with Gasteiger partial charge in [0.2, 0.25) is 0 Å². The Hall–Kier alpha value is -1.13. The first-order valence-electron chi connectivity index (χ1n) is 3.74. The molecule has 0 heterocycles. The van der Waals surface area contributed by atoms with Gasteiger partial charge in [-0.15, -0.1) is 6.58 Å². The van der Waals surface area contributed by atoms with Crippen molar-refractivity contribution >= 4 is 5.97 Å². The Bertz CT molecular complexity index is 151. The lowest BCUT2D eigenvalue weighted by molar-refractivity contribution is -0.132. The first-order valence-corrected chi connectivity index (χ1v) is 3.74. The molecule has 0 amide bonds. The van der Waals surface area contributed by atoms with Crippen LogP contribution in [-0.2, 0) is 9.53 Å². The molecule has 0 aliphatic carbocycles. The molecular weight excluding hydrogens is 172 g/mol. The van der Waals surface area contributed by atoms with Gasteiger partial charge < -0.3 is 14.9 Å². The van der Waals surface area contributed by atoms with Crippen molar-refractivity contribution in [2.45, 2.75) is 6.92 Å². The van der Waals surface area contributed by atoms with Gasteiger partial charge in [-0.2, -0.15) is 0 Å². The standard InChI is InChI=1S/C5H10O2.C4H6O2/c1-2-4-7-5-3-6;1-3(2)4(5)6/h2,6H,1,3-5H2;1H2,2H3,(H,5,6). The molecule has 4 heteroatoms. The van der Waals surface area contributed by atoms with Crippen molar-refractivity contribution in [3.63, 3.8) is 0 Å². The second kappa shape index (κ2) is 10.9. The SMILES string of the molecule is C=C(C)C(=O)O.C=CCOCCO. The molecule has 0 bridgehead atoms. The smallest absolute Gasteiger partial charge is 0.330 e. The van der Waals surface area contributed by atoms with Gasteiger partial charge in [0.25, 0.3) is 0 Å². The molecule has 0 saturated carbocycles. The van der Waals surface area contributed by atoms with Gasteiger partial charge in [0.15, 0.2) is 0 Å². The second-order valence-electron chi connectivity index (χ2n) is 2.17. The maximum absolute atomic E-state index is 9.60. The van der Waals surface area contributed by atoms with E-state index < -0.39 is 5.97 Å². The van der Waals surface area contributed by atoms with Gasteiger partial charge in [-0.05, 0) is 6.92 Å². The van der Waals surface area contributed by atoms with Crippen LogP contribution in [0.2, 0.25) is 0 Å². The minimum absolute atomic E-state index is 0.0911. The molecule has 0 rings (SSSR count). The van der Waals surface area contributed by atoms with Gasteiger partial charge in [-0.3, -0.25) is 0 Å². The molecule has 0 fully saturated rings. The van der Waals surface area contributed by atoms with Crippen LogP contribution >= 0.6 is 0 Å². The first kappa shape index (κ1) is 14.4. The molecule has 0 aromatic heterocycles. The van der Waals surface area contributed by atoms with Gasteiger partial charge in [-0.1, -0.05) is 12.7 Å². The summed E-state index contributed by atoms with van der Waals surface area (Å²) in [7, 11) is 0. The van der Waals surface area contributed by atoms with E-state index >= 15 is 0 Å². The monoisotopic (exact) mass is 188 g/mol. The lowest BCUT2D eigenvalue weighted by Gasteiger charge is -1.92. The Morgan fingerprint density at radius 1 is 1.62 bits per heavy atom. The van der Waals surface area contributed by atoms with E-state index in [0.717, 1.165) is 0 Å². The maximum atomic E-state index is 9.60. The second-order valence-corrected chi connectivity index (χ2v) is 2.17.